The van der Waals surface area contributed by atoms with Crippen molar-refractivity contribution in [2.45, 2.75) is 69.1 Å². The molecule has 0 amide bonds. The minimum atomic E-state index is -0.242. The third-order valence-electron chi connectivity index (χ3n) is 24.1. The summed E-state index contributed by atoms with van der Waals surface area (Å²) in [5.41, 5.74) is 20.3. The van der Waals surface area contributed by atoms with Gasteiger partial charge in [-0.05, 0) is 217 Å². The lowest BCUT2D eigenvalue weighted by atomic mass is 9.11. The predicted octanol–water partition coefficient (Wildman–Crippen LogP) is 13.5. The molecule has 6 aromatic carbocycles. The van der Waals surface area contributed by atoms with Crippen LogP contribution in [-0.4, -0.2) is 9.03 Å². The fourth-order valence-corrected chi connectivity index (χ4v) is 22.3. The van der Waals surface area contributed by atoms with Crippen LogP contribution in [0.15, 0.2) is 160 Å². The standard InChI is InChI=1S/C66H50N2O2/c1-62-23-5-4-9-37(62)18-20-45-57-42(12-7-14-49(57)66(59(45)62)52-25-33-24-38-29-53(66)63(38,52)32-33)36-17-22-51-47(27-36)61(70)68-60(69)46-26-35(16-21-50(46)67(51)68)41-11-6-13-48-56(41)44-19-15-34-8-2-3-10-43(34)58(44)65(48)54-30-39-28-40-31-55(65)64(39,40)54/h2-22,26-27,33,38-40,52-55H,23-25,28-32H2,1H3. The molecule has 8 aromatic rings. The van der Waals surface area contributed by atoms with Crippen molar-refractivity contribution in [2.75, 3.05) is 0 Å². The third-order valence-corrected chi connectivity index (χ3v) is 24.1. The van der Waals surface area contributed by atoms with E-state index in [4.69, 9.17) is 0 Å². The zero-order chi connectivity index (χ0) is 45.3. The summed E-state index contributed by atoms with van der Waals surface area (Å²) in [6.07, 6.45) is 22.8. The van der Waals surface area contributed by atoms with Crippen molar-refractivity contribution in [3.05, 3.63) is 194 Å². The van der Waals surface area contributed by atoms with Crippen molar-refractivity contribution in [3.8, 4) is 33.4 Å². The van der Waals surface area contributed by atoms with Crippen molar-refractivity contribution in [1.29, 1.82) is 0 Å². The van der Waals surface area contributed by atoms with Gasteiger partial charge in [-0.2, -0.15) is 4.52 Å². The second kappa shape index (κ2) is 10.9. The monoisotopic (exact) mass is 902 g/mol. The van der Waals surface area contributed by atoms with Gasteiger partial charge in [0, 0.05) is 16.2 Å². The van der Waals surface area contributed by atoms with Crippen molar-refractivity contribution >= 4 is 38.2 Å². The van der Waals surface area contributed by atoms with Gasteiger partial charge in [-0.25, -0.2) is 4.52 Å². The molecular formula is C66H50N2O2. The van der Waals surface area contributed by atoms with Crippen molar-refractivity contribution in [3.63, 3.8) is 0 Å². The Morgan fingerprint density at radius 3 is 2.01 bits per heavy atom. The molecule has 0 N–H and O–H groups in total. The van der Waals surface area contributed by atoms with Gasteiger partial charge < -0.3 is 0 Å². The first kappa shape index (κ1) is 36.4. The van der Waals surface area contributed by atoms with Crippen molar-refractivity contribution in [2.24, 2.45) is 63.6 Å². The van der Waals surface area contributed by atoms with Gasteiger partial charge in [-0.15, -0.1) is 0 Å². The largest absolute Gasteiger partial charge is 0.282 e. The molecule has 0 saturated heterocycles. The van der Waals surface area contributed by atoms with Crippen LogP contribution >= 0.6 is 0 Å². The Morgan fingerprint density at radius 1 is 0.571 bits per heavy atom. The second-order valence-electron chi connectivity index (χ2n) is 25.2. The molecule has 12 aliphatic carbocycles. The van der Waals surface area contributed by atoms with E-state index in [1.165, 1.54) is 105 Å². The van der Waals surface area contributed by atoms with Gasteiger partial charge in [0.25, 0.3) is 11.1 Å². The lowest BCUT2D eigenvalue weighted by Gasteiger charge is -2.92. The van der Waals surface area contributed by atoms with E-state index in [-0.39, 0.29) is 27.4 Å². The lowest BCUT2D eigenvalue weighted by Crippen LogP contribution is -2.88. The first-order valence-corrected chi connectivity index (χ1v) is 26.9. The molecule has 4 heteroatoms. The van der Waals surface area contributed by atoms with E-state index in [2.05, 4.69) is 146 Å². The molecule has 8 saturated carbocycles. The highest BCUT2D eigenvalue weighted by molar-refractivity contribution is 6.04. The van der Waals surface area contributed by atoms with Crippen molar-refractivity contribution in [1.82, 2.24) is 9.03 Å². The van der Waals surface area contributed by atoms with E-state index in [9.17, 15) is 9.59 Å². The average molecular weight is 903 g/mol. The summed E-state index contributed by atoms with van der Waals surface area (Å²) in [7, 11) is 0. The van der Waals surface area contributed by atoms with E-state index >= 15 is 0 Å². The van der Waals surface area contributed by atoms with Crippen LogP contribution in [0, 0.1) is 63.6 Å². The van der Waals surface area contributed by atoms with E-state index in [1.807, 2.05) is 4.52 Å². The lowest BCUT2D eigenvalue weighted by molar-refractivity contribution is -0.412. The zero-order valence-corrected chi connectivity index (χ0v) is 39.3. The molecule has 70 heavy (non-hydrogen) atoms. The molecule has 2 bridgehead atoms. The molecule has 20 rings (SSSR count). The van der Waals surface area contributed by atoms with Gasteiger partial charge in [0.05, 0.1) is 21.8 Å². The summed E-state index contributed by atoms with van der Waals surface area (Å²) in [5.74, 6) is 6.58. The number of hydrogen-bond donors (Lipinski definition) is 0. The minimum Gasteiger partial charge on any atom is -0.267 e. The highest BCUT2D eigenvalue weighted by Gasteiger charge is 2.91. The van der Waals surface area contributed by atoms with Gasteiger partial charge >= 0.3 is 0 Å². The fraction of sp³-hybridized carbons (Fsp3) is 0.333. The maximum absolute atomic E-state index is 14.9. The topological polar surface area (TPSA) is 43.0 Å². The summed E-state index contributed by atoms with van der Waals surface area (Å²) in [4.78, 5) is 29.7. The highest BCUT2D eigenvalue weighted by Crippen LogP contribution is 2.95. The van der Waals surface area contributed by atoms with E-state index < -0.39 is 0 Å². The Labute approximate surface area is 405 Å². The number of benzene rings is 6. The summed E-state index contributed by atoms with van der Waals surface area (Å²) in [6.45, 7) is 2.54. The number of hydrogen-bond acceptors (Lipinski definition) is 2. The quantitative estimate of drug-likeness (QED) is 0.173. The third kappa shape index (κ3) is 3.24. The summed E-state index contributed by atoms with van der Waals surface area (Å²) < 4.78 is 3.31. The van der Waals surface area contributed by atoms with E-state index in [0.717, 1.165) is 75.9 Å². The van der Waals surface area contributed by atoms with E-state index in [1.54, 1.807) is 16.7 Å². The molecule has 12 aliphatic rings. The van der Waals surface area contributed by atoms with Crippen LogP contribution in [0.1, 0.15) is 80.5 Å². The summed E-state index contributed by atoms with van der Waals surface area (Å²) in [6, 6.07) is 40.8. The van der Waals surface area contributed by atoms with Crippen LogP contribution in [0.5, 0.6) is 0 Å². The SMILES string of the molecule is CC12CC=CC=C1C=CC1=C2C2(c3cccc(-c4ccc5c(c4)c(=O)n4c(=O)c6cc(-c7cccc8c7-c7ccc9ccccc9c7C87C8CC9CC%10CC7C9%108)ccc6n54)c31)C1CC3CC4CC2C41C3. The molecule has 0 aliphatic heterocycles. The van der Waals surface area contributed by atoms with Crippen LogP contribution in [0.2, 0.25) is 0 Å². The fourth-order valence-electron chi connectivity index (χ4n) is 22.3. The Bertz CT molecular complexity index is 4230. The van der Waals surface area contributed by atoms with Crippen LogP contribution in [0.4, 0.5) is 0 Å². The van der Waals surface area contributed by atoms with Crippen LogP contribution in [-0.2, 0) is 10.8 Å². The second-order valence-corrected chi connectivity index (χ2v) is 25.2. The van der Waals surface area contributed by atoms with Crippen LogP contribution in [0.25, 0.3) is 71.5 Å². The number of allylic oxidation sites excluding steroid dienone is 8. The molecule has 4 nitrogen and oxygen atoms in total. The molecule has 2 aromatic heterocycles. The molecule has 8 fully saturated rings. The van der Waals surface area contributed by atoms with Crippen LogP contribution < -0.4 is 11.1 Å². The minimum absolute atomic E-state index is 0.0265. The highest BCUT2D eigenvalue weighted by atomic mass is 16.2. The first-order valence-electron chi connectivity index (χ1n) is 26.9. The first-order chi connectivity index (χ1) is 34.3. The smallest absolute Gasteiger partial charge is 0.267 e. The van der Waals surface area contributed by atoms with Gasteiger partial charge in [-0.3, -0.25) is 9.59 Å². The zero-order valence-electron chi connectivity index (χ0n) is 39.3. The Morgan fingerprint density at radius 2 is 1.27 bits per heavy atom. The van der Waals surface area contributed by atoms with Crippen molar-refractivity contribution < 1.29 is 0 Å². The molecule has 11 unspecified atom stereocenters. The average Bonchev–Trinajstić information content (AvgIpc) is 4.27. The van der Waals surface area contributed by atoms with Gasteiger partial charge in [0.2, 0.25) is 0 Å². The van der Waals surface area contributed by atoms with Gasteiger partial charge in [0.1, 0.15) is 0 Å². The molecular weight excluding hydrogens is 853 g/mol. The number of rotatable bonds is 2. The summed E-state index contributed by atoms with van der Waals surface area (Å²) >= 11 is 0. The molecule has 2 heterocycles. The van der Waals surface area contributed by atoms with Crippen LogP contribution in [0.3, 0.4) is 0 Å². The normalized spacial score (nSPS) is 38.8. The summed E-state index contributed by atoms with van der Waals surface area (Å²) in [5, 5.41) is 3.94. The molecule has 4 spiro atoms. The Hall–Kier alpha value is -6.52. The Balaban J connectivity index is 0.747. The molecule has 0 radical (unpaired) electrons. The van der Waals surface area contributed by atoms with Gasteiger partial charge in [-0.1, -0.05) is 122 Å². The maximum atomic E-state index is 14.9. The molecule has 336 valence electrons. The predicted molar refractivity (Wildman–Crippen MR) is 277 cm³/mol. The van der Waals surface area contributed by atoms with E-state index in [0.29, 0.717) is 21.6 Å². The van der Waals surface area contributed by atoms with Gasteiger partial charge in [0.15, 0.2) is 0 Å². The maximum Gasteiger partial charge on any atom is 0.282 e. The number of fused-ring (bicyclic) bond motifs is 23. The number of aromatic nitrogens is 2. The Kier molecular flexibility index (Phi) is 5.65. The number of nitrogens with zero attached hydrogens (tertiary/aromatic N) is 2. The molecule has 11 atom stereocenters.